The first-order chi connectivity index (χ1) is 4.46. The molecule has 11 N–H and O–H groups in total. The van der Waals surface area contributed by atoms with E-state index in [0.717, 1.165) is 0 Å². The van der Waals surface area contributed by atoms with Gasteiger partial charge in [0.25, 0.3) is 0 Å². The van der Waals surface area contributed by atoms with Crippen LogP contribution >= 0.6 is 0 Å². The Bertz CT molecular complexity index is 68.4. The maximum absolute atomic E-state index is 8.58. The third-order valence-electron chi connectivity index (χ3n) is 0. The number of hydrogen-bond acceptors (Lipinski definition) is 7. The van der Waals surface area contributed by atoms with Crippen molar-refractivity contribution in [2.24, 2.45) is 23.4 Å². The fourth-order valence-corrected chi connectivity index (χ4v) is 0. The molecule has 0 aromatic rings. The van der Waals surface area contributed by atoms with Crippen LogP contribution in [0.4, 0.5) is 0 Å². The van der Waals surface area contributed by atoms with Crippen molar-refractivity contribution in [1.82, 2.24) is 6.15 Å². The molecule has 0 saturated heterocycles. The summed E-state index contributed by atoms with van der Waals surface area (Å²) in [6, 6.07) is 0. The summed E-state index contributed by atoms with van der Waals surface area (Å²) in [5.74, 6) is 15.7. The van der Waals surface area contributed by atoms with E-state index in [2.05, 4.69) is 23.4 Å². The Kier molecular flexibility index (Phi) is 49.7. The van der Waals surface area contributed by atoms with Gasteiger partial charge in [0.05, 0.1) is 0 Å². The minimum absolute atomic E-state index is 0. The molecule has 0 aliphatic carbocycles. The molecule has 0 unspecified atom stereocenters. The van der Waals surface area contributed by atoms with E-state index in [4.69, 9.17) is 20.2 Å². The molecule has 0 bridgehead atoms. The standard InChI is InChI=1S/2H2N2O2.H4N2.H3N/c2*1-2(3)4;1-2;/h2*1H2;1-2H2;1H3. The summed E-state index contributed by atoms with van der Waals surface area (Å²) in [5, 5.41) is 15.2. The van der Waals surface area contributed by atoms with Crippen LogP contribution in [0.5, 0.6) is 0 Å². The zero-order chi connectivity index (χ0) is 9.15. The normalized spacial score (nSPS) is 4.91. The first-order valence-electron chi connectivity index (χ1n) is 1.58. The molecule has 0 rings (SSSR count). The molecule has 11 heavy (non-hydrogen) atoms. The Hall–Kier alpha value is -1.72. The molecule has 11 nitrogen and oxygen atoms in total. The lowest BCUT2D eigenvalue weighted by molar-refractivity contribution is -0.491. The predicted octanol–water partition coefficient (Wildman–Crippen LogP) is -2.75. The van der Waals surface area contributed by atoms with E-state index in [1.807, 2.05) is 0 Å². The van der Waals surface area contributed by atoms with Gasteiger partial charge in [-0.25, -0.2) is 20.2 Å². The molecule has 0 amide bonds. The third kappa shape index (κ3) is 110. The van der Waals surface area contributed by atoms with E-state index in [9.17, 15) is 0 Å². The quantitative estimate of drug-likeness (QED) is 0.145. The molecule has 0 aliphatic heterocycles. The highest BCUT2D eigenvalue weighted by Crippen LogP contribution is 1.29. The average Bonchev–Trinajstić information content (AvgIpc) is 1.66. The molecule has 0 saturated carbocycles. The van der Waals surface area contributed by atoms with Crippen molar-refractivity contribution in [3.63, 3.8) is 0 Å². The second kappa shape index (κ2) is 24.0. The molecule has 70 valence electrons. The lowest BCUT2D eigenvalue weighted by atomic mass is 12.8. The summed E-state index contributed by atoms with van der Waals surface area (Å²) in [6.45, 7) is 0. The molecule has 0 aromatic heterocycles. The van der Waals surface area contributed by atoms with Gasteiger partial charge in [0.15, 0.2) is 10.1 Å². The van der Waals surface area contributed by atoms with Gasteiger partial charge in [0.1, 0.15) is 0 Å². The minimum Gasteiger partial charge on any atom is -0.344 e. The van der Waals surface area contributed by atoms with E-state index in [1.165, 1.54) is 0 Å². The zero-order valence-electron chi connectivity index (χ0n) is 5.54. The van der Waals surface area contributed by atoms with Crippen molar-refractivity contribution in [3.05, 3.63) is 20.2 Å². The number of nitrogens with two attached hydrogens (primary N) is 4. The molecule has 0 atom stereocenters. The van der Waals surface area contributed by atoms with E-state index < -0.39 is 10.1 Å². The number of hydrazine groups is 3. The molecule has 0 heterocycles. The zero-order valence-corrected chi connectivity index (χ0v) is 5.54. The lowest BCUT2D eigenvalue weighted by Gasteiger charge is -1.61. The summed E-state index contributed by atoms with van der Waals surface area (Å²) in [5.41, 5.74) is 0. The van der Waals surface area contributed by atoms with Crippen LogP contribution in [0.25, 0.3) is 0 Å². The fourth-order valence-electron chi connectivity index (χ4n) is 0. The summed E-state index contributed by atoms with van der Waals surface area (Å²) >= 11 is 0. The Labute approximate surface area is 61.1 Å². The second-order valence-electron chi connectivity index (χ2n) is 0.571. The van der Waals surface area contributed by atoms with E-state index in [0.29, 0.717) is 0 Å². The van der Waals surface area contributed by atoms with Crippen LogP contribution in [-0.4, -0.2) is 10.1 Å². The van der Waals surface area contributed by atoms with Gasteiger partial charge >= 0.3 is 0 Å². The predicted molar refractivity (Wildman–Crippen MR) is 35.8 cm³/mol. The average molecular weight is 173 g/mol. The fraction of sp³-hybridized carbons (Fsp3) is 0. The van der Waals surface area contributed by atoms with Crippen LogP contribution in [-0.2, 0) is 0 Å². The summed E-state index contributed by atoms with van der Waals surface area (Å²) in [7, 11) is 0. The van der Waals surface area contributed by atoms with Crippen LogP contribution in [0.2, 0.25) is 0 Å². The molecular weight excluding hydrogens is 162 g/mol. The van der Waals surface area contributed by atoms with Crippen LogP contribution in [0.1, 0.15) is 0 Å². The smallest absolute Gasteiger partial charge is 0.154 e. The van der Waals surface area contributed by atoms with Crippen LogP contribution in [0, 0.1) is 20.2 Å². The Morgan fingerprint density at radius 3 is 0.909 bits per heavy atom. The highest BCUT2D eigenvalue weighted by atomic mass is 16.7. The highest BCUT2D eigenvalue weighted by Gasteiger charge is 1.57. The molecular formula is H11N7O4. The van der Waals surface area contributed by atoms with Crippen LogP contribution < -0.4 is 29.5 Å². The minimum atomic E-state index is -1.00. The molecule has 0 spiro atoms. The molecule has 11 heteroatoms. The number of hydrogen-bond donors (Lipinski definition) is 5. The van der Waals surface area contributed by atoms with Crippen molar-refractivity contribution in [2.45, 2.75) is 0 Å². The number of rotatable bonds is 0. The SMILES string of the molecule is N.NN.N[N+](=O)[O-].N[N+](=O)[O-]. The maximum atomic E-state index is 8.58. The van der Waals surface area contributed by atoms with Gasteiger partial charge in [-0.2, -0.15) is 11.7 Å². The first kappa shape index (κ1) is 22.8. The highest BCUT2D eigenvalue weighted by molar-refractivity contribution is 3.87. The topological polar surface area (TPSA) is 225 Å². The van der Waals surface area contributed by atoms with Crippen molar-refractivity contribution in [1.29, 1.82) is 0 Å². The second-order valence-corrected chi connectivity index (χ2v) is 0.571. The van der Waals surface area contributed by atoms with Crippen LogP contribution in [0.3, 0.4) is 0 Å². The number of nitrogens with zero attached hydrogens (tertiary/aromatic N) is 2. The van der Waals surface area contributed by atoms with Crippen molar-refractivity contribution in [3.8, 4) is 0 Å². The Morgan fingerprint density at radius 2 is 0.909 bits per heavy atom. The van der Waals surface area contributed by atoms with Gasteiger partial charge in [-0.05, 0) is 0 Å². The molecule has 0 aliphatic rings. The third-order valence-corrected chi connectivity index (χ3v) is 0. The van der Waals surface area contributed by atoms with Crippen molar-refractivity contribution in [2.75, 3.05) is 0 Å². The van der Waals surface area contributed by atoms with E-state index in [1.54, 1.807) is 0 Å². The van der Waals surface area contributed by atoms with Gasteiger partial charge < -0.3 is 6.15 Å². The summed E-state index contributed by atoms with van der Waals surface area (Å²) < 4.78 is 0. The van der Waals surface area contributed by atoms with Gasteiger partial charge in [0.2, 0.25) is 0 Å². The van der Waals surface area contributed by atoms with Crippen molar-refractivity contribution < 1.29 is 10.1 Å². The van der Waals surface area contributed by atoms with Crippen molar-refractivity contribution >= 4 is 0 Å². The molecule has 0 aromatic carbocycles. The summed E-state index contributed by atoms with van der Waals surface area (Å²) in [4.78, 5) is 17.2. The van der Waals surface area contributed by atoms with Gasteiger partial charge in [-0.3, -0.25) is 11.7 Å². The molecule has 0 fully saturated rings. The Morgan fingerprint density at radius 1 is 0.909 bits per heavy atom. The van der Waals surface area contributed by atoms with Gasteiger partial charge in [-0.15, -0.1) is 0 Å². The number of nitro groups is 2. The largest absolute Gasteiger partial charge is 0.344 e. The van der Waals surface area contributed by atoms with E-state index in [-0.39, 0.29) is 6.15 Å². The lowest BCUT2D eigenvalue weighted by Crippen LogP contribution is -2.04. The maximum Gasteiger partial charge on any atom is 0.154 e. The van der Waals surface area contributed by atoms with E-state index >= 15 is 0 Å². The van der Waals surface area contributed by atoms with Gasteiger partial charge in [-0.1, -0.05) is 0 Å². The first-order valence-corrected chi connectivity index (χ1v) is 1.58. The Balaban J connectivity index is -0.0000000339. The monoisotopic (exact) mass is 173 g/mol. The summed E-state index contributed by atoms with van der Waals surface area (Å²) in [6.07, 6.45) is 0. The van der Waals surface area contributed by atoms with Crippen LogP contribution in [0.15, 0.2) is 0 Å². The van der Waals surface area contributed by atoms with Gasteiger partial charge in [0, 0.05) is 0 Å². The molecule has 0 radical (unpaired) electrons.